The number of hydrogen-bond donors (Lipinski definition) is 1. The SMILES string of the molecule is CCCN(CCC(=O)Nc1nnc(-c2ccc(C(F)(F)F)cc2)s1)C(=O)CCC1CCCC1. The minimum absolute atomic E-state index is 0.0945. The molecule has 1 N–H and O–H groups in total. The van der Waals surface area contributed by atoms with E-state index in [1.54, 1.807) is 4.90 Å². The Labute approximate surface area is 195 Å². The molecule has 0 spiro atoms. The molecule has 1 aromatic heterocycles. The molecule has 33 heavy (non-hydrogen) atoms. The summed E-state index contributed by atoms with van der Waals surface area (Å²) in [7, 11) is 0. The topological polar surface area (TPSA) is 75.2 Å². The standard InChI is InChI=1S/C23H29F3N4O2S/c1-2-14-30(20(32)12-7-16-5-3-4-6-16)15-13-19(31)27-22-29-28-21(33-22)17-8-10-18(11-9-17)23(24,25)26/h8-11,16H,2-7,12-15H2,1H3,(H,27,29,31). The van der Waals surface area contributed by atoms with Gasteiger partial charge in [0.25, 0.3) is 0 Å². The van der Waals surface area contributed by atoms with Crippen LogP contribution in [0.5, 0.6) is 0 Å². The van der Waals surface area contributed by atoms with Gasteiger partial charge in [-0.1, -0.05) is 56.1 Å². The van der Waals surface area contributed by atoms with E-state index >= 15 is 0 Å². The molecule has 1 saturated carbocycles. The van der Waals surface area contributed by atoms with Crippen LogP contribution in [0.25, 0.3) is 10.6 Å². The lowest BCUT2D eigenvalue weighted by atomic mass is 10.0. The lowest BCUT2D eigenvalue weighted by Crippen LogP contribution is -2.34. The molecular weight excluding hydrogens is 453 g/mol. The van der Waals surface area contributed by atoms with Crippen LogP contribution >= 0.6 is 11.3 Å². The predicted octanol–water partition coefficient (Wildman–Crippen LogP) is 5.76. The van der Waals surface area contributed by atoms with Crippen molar-refractivity contribution in [2.45, 2.75) is 64.5 Å². The summed E-state index contributed by atoms with van der Waals surface area (Å²) in [6.45, 7) is 2.96. The molecule has 1 heterocycles. The summed E-state index contributed by atoms with van der Waals surface area (Å²) in [5.74, 6) is 0.462. The summed E-state index contributed by atoms with van der Waals surface area (Å²) in [5, 5.41) is 11.2. The van der Waals surface area contributed by atoms with Gasteiger partial charge in [0.2, 0.25) is 16.9 Å². The molecule has 1 fully saturated rings. The number of aromatic nitrogens is 2. The second kappa shape index (κ2) is 11.6. The molecule has 0 bridgehead atoms. The Hall–Kier alpha value is -2.49. The van der Waals surface area contributed by atoms with Gasteiger partial charge in [-0.05, 0) is 30.9 Å². The Morgan fingerprint density at radius 3 is 2.42 bits per heavy atom. The number of amides is 2. The molecule has 0 unspecified atom stereocenters. The molecule has 1 aromatic carbocycles. The van der Waals surface area contributed by atoms with Gasteiger partial charge in [0.1, 0.15) is 5.01 Å². The Balaban J connectivity index is 1.49. The number of benzene rings is 1. The smallest absolute Gasteiger partial charge is 0.342 e. The van der Waals surface area contributed by atoms with Crippen molar-refractivity contribution in [1.82, 2.24) is 15.1 Å². The molecule has 6 nitrogen and oxygen atoms in total. The van der Waals surface area contributed by atoms with Crippen molar-refractivity contribution in [2.24, 2.45) is 5.92 Å². The molecule has 2 aromatic rings. The largest absolute Gasteiger partial charge is 0.416 e. The predicted molar refractivity (Wildman–Crippen MR) is 122 cm³/mol. The van der Waals surface area contributed by atoms with E-state index in [1.807, 2.05) is 6.92 Å². The number of halogens is 3. The highest BCUT2D eigenvalue weighted by Crippen LogP contribution is 2.32. The van der Waals surface area contributed by atoms with Crippen LogP contribution in [0.15, 0.2) is 24.3 Å². The highest BCUT2D eigenvalue weighted by atomic mass is 32.1. The molecule has 2 amide bonds. The fourth-order valence-electron chi connectivity index (χ4n) is 4.03. The lowest BCUT2D eigenvalue weighted by molar-refractivity contribution is -0.137. The number of alkyl halides is 3. The van der Waals surface area contributed by atoms with E-state index < -0.39 is 11.7 Å². The summed E-state index contributed by atoms with van der Waals surface area (Å²) < 4.78 is 38.1. The Bertz CT molecular complexity index is 925. The highest BCUT2D eigenvalue weighted by Gasteiger charge is 2.30. The van der Waals surface area contributed by atoms with Crippen LogP contribution in [0.2, 0.25) is 0 Å². The zero-order chi connectivity index (χ0) is 23.8. The fraction of sp³-hybridized carbons (Fsp3) is 0.565. The van der Waals surface area contributed by atoms with Gasteiger partial charge in [-0.15, -0.1) is 10.2 Å². The molecular formula is C23H29F3N4O2S. The van der Waals surface area contributed by atoms with Gasteiger partial charge in [-0.2, -0.15) is 13.2 Å². The normalized spacial score (nSPS) is 14.4. The van der Waals surface area contributed by atoms with Crippen LogP contribution in [0.1, 0.15) is 63.9 Å². The van der Waals surface area contributed by atoms with E-state index in [2.05, 4.69) is 15.5 Å². The quantitative estimate of drug-likeness (QED) is 0.467. The summed E-state index contributed by atoms with van der Waals surface area (Å²) in [6.07, 6.45) is 2.94. The molecule has 0 saturated heterocycles. The molecule has 1 aliphatic rings. The van der Waals surface area contributed by atoms with Crippen molar-refractivity contribution >= 4 is 28.3 Å². The van der Waals surface area contributed by atoms with E-state index in [-0.39, 0.29) is 23.4 Å². The number of rotatable bonds is 10. The molecule has 0 radical (unpaired) electrons. The van der Waals surface area contributed by atoms with Crippen molar-refractivity contribution in [1.29, 1.82) is 0 Å². The van der Waals surface area contributed by atoms with E-state index in [0.29, 0.717) is 36.0 Å². The first-order chi connectivity index (χ1) is 15.8. The minimum Gasteiger partial charge on any atom is -0.342 e. The van der Waals surface area contributed by atoms with Gasteiger partial charge in [0.15, 0.2) is 0 Å². The Morgan fingerprint density at radius 1 is 1.09 bits per heavy atom. The Kier molecular flexibility index (Phi) is 8.82. The third kappa shape index (κ3) is 7.52. The number of hydrogen-bond acceptors (Lipinski definition) is 5. The van der Waals surface area contributed by atoms with Crippen LogP contribution in [-0.4, -0.2) is 40.0 Å². The second-order valence-electron chi connectivity index (χ2n) is 8.36. The van der Waals surface area contributed by atoms with Crippen molar-refractivity contribution in [3.8, 4) is 10.6 Å². The number of nitrogens with zero attached hydrogens (tertiary/aromatic N) is 3. The van der Waals surface area contributed by atoms with Gasteiger partial charge >= 0.3 is 6.18 Å². The first-order valence-corrected chi connectivity index (χ1v) is 12.2. The third-order valence-corrected chi connectivity index (χ3v) is 6.71. The van der Waals surface area contributed by atoms with Gasteiger partial charge < -0.3 is 10.2 Å². The lowest BCUT2D eigenvalue weighted by Gasteiger charge is -2.22. The number of nitrogens with one attached hydrogen (secondary N) is 1. The Morgan fingerprint density at radius 2 is 1.79 bits per heavy atom. The van der Waals surface area contributed by atoms with E-state index in [9.17, 15) is 22.8 Å². The maximum absolute atomic E-state index is 12.7. The van der Waals surface area contributed by atoms with Crippen LogP contribution in [0.4, 0.5) is 18.3 Å². The third-order valence-electron chi connectivity index (χ3n) is 5.83. The molecule has 0 atom stereocenters. The van der Waals surface area contributed by atoms with Crippen molar-refractivity contribution in [2.75, 3.05) is 18.4 Å². The van der Waals surface area contributed by atoms with Crippen molar-refractivity contribution in [3.05, 3.63) is 29.8 Å². The van der Waals surface area contributed by atoms with Gasteiger partial charge in [0, 0.05) is 31.5 Å². The van der Waals surface area contributed by atoms with Gasteiger partial charge in [-0.25, -0.2) is 0 Å². The van der Waals surface area contributed by atoms with Crippen LogP contribution in [-0.2, 0) is 15.8 Å². The number of anilines is 1. The van der Waals surface area contributed by atoms with Crippen LogP contribution in [0, 0.1) is 5.92 Å². The van der Waals surface area contributed by atoms with Crippen molar-refractivity contribution < 1.29 is 22.8 Å². The summed E-state index contributed by atoms with van der Waals surface area (Å²) in [4.78, 5) is 26.7. The zero-order valence-corrected chi connectivity index (χ0v) is 19.5. The number of carbonyl (C=O) groups excluding carboxylic acids is 2. The number of carbonyl (C=O) groups is 2. The molecule has 10 heteroatoms. The van der Waals surface area contributed by atoms with Crippen LogP contribution < -0.4 is 5.32 Å². The van der Waals surface area contributed by atoms with E-state index in [1.165, 1.54) is 37.8 Å². The summed E-state index contributed by atoms with van der Waals surface area (Å²) in [6, 6.07) is 4.63. The van der Waals surface area contributed by atoms with Crippen LogP contribution in [0.3, 0.4) is 0 Å². The average Bonchev–Trinajstić information content (AvgIpc) is 3.46. The highest BCUT2D eigenvalue weighted by molar-refractivity contribution is 7.18. The fourth-order valence-corrected chi connectivity index (χ4v) is 4.79. The molecule has 3 rings (SSSR count). The average molecular weight is 483 g/mol. The second-order valence-corrected chi connectivity index (χ2v) is 9.33. The monoisotopic (exact) mass is 482 g/mol. The summed E-state index contributed by atoms with van der Waals surface area (Å²) in [5.41, 5.74) is -0.248. The van der Waals surface area contributed by atoms with E-state index in [4.69, 9.17) is 0 Å². The zero-order valence-electron chi connectivity index (χ0n) is 18.7. The maximum Gasteiger partial charge on any atom is 0.416 e. The first kappa shape index (κ1) is 25.1. The van der Waals surface area contributed by atoms with Gasteiger partial charge in [-0.3, -0.25) is 9.59 Å². The molecule has 1 aliphatic carbocycles. The van der Waals surface area contributed by atoms with Crippen molar-refractivity contribution in [3.63, 3.8) is 0 Å². The maximum atomic E-state index is 12.7. The molecule has 180 valence electrons. The summed E-state index contributed by atoms with van der Waals surface area (Å²) >= 11 is 1.08. The minimum atomic E-state index is -4.40. The first-order valence-electron chi connectivity index (χ1n) is 11.3. The van der Waals surface area contributed by atoms with Gasteiger partial charge in [0.05, 0.1) is 5.56 Å². The molecule has 0 aliphatic heterocycles. The van der Waals surface area contributed by atoms with E-state index in [0.717, 1.165) is 36.3 Å².